The van der Waals surface area contributed by atoms with Crippen LogP contribution in [0.3, 0.4) is 0 Å². The number of amides is 2. The average molecular weight is 494 g/mol. The number of nitrogens with one attached hydrogen (secondary N) is 2. The Bertz CT molecular complexity index is 1450. The molecule has 0 aliphatic carbocycles. The van der Waals surface area contributed by atoms with Gasteiger partial charge in [-0.15, -0.1) is 0 Å². The summed E-state index contributed by atoms with van der Waals surface area (Å²) < 4.78 is 16.1. The van der Waals surface area contributed by atoms with Crippen molar-refractivity contribution in [3.8, 4) is 0 Å². The lowest BCUT2D eigenvalue weighted by atomic mass is 9.98. The van der Waals surface area contributed by atoms with Crippen LogP contribution in [0.15, 0.2) is 52.1 Å². The number of benzene rings is 2. The molecule has 36 heavy (non-hydrogen) atoms. The van der Waals surface area contributed by atoms with Gasteiger partial charge in [0.25, 0.3) is 11.5 Å². The predicted molar refractivity (Wildman–Crippen MR) is 132 cm³/mol. The molecule has 5 rings (SSSR count). The minimum atomic E-state index is -0.649. The Morgan fingerprint density at radius 1 is 1.03 bits per heavy atom. The maximum absolute atomic E-state index is 14.7. The van der Waals surface area contributed by atoms with Crippen molar-refractivity contribution >= 4 is 22.7 Å². The quantitative estimate of drug-likeness (QED) is 0.570. The Balaban J connectivity index is 1.34. The minimum absolute atomic E-state index is 0.0406. The van der Waals surface area contributed by atoms with Crippen molar-refractivity contribution in [3.63, 3.8) is 0 Å². The van der Waals surface area contributed by atoms with E-state index < -0.39 is 28.5 Å². The molecule has 2 saturated heterocycles. The Kier molecular flexibility index (Phi) is 6.21. The van der Waals surface area contributed by atoms with Crippen molar-refractivity contribution in [2.24, 2.45) is 0 Å². The van der Waals surface area contributed by atoms with Gasteiger partial charge in [0.05, 0.1) is 28.6 Å². The normalized spacial score (nSPS) is 20.2. The van der Waals surface area contributed by atoms with E-state index >= 15 is 0 Å². The van der Waals surface area contributed by atoms with Crippen LogP contribution in [0.2, 0.25) is 0 Å². The first-order valence-corrected chi connectivity index (χ1v) is 12.1. The van der Waals surface area contributed by atoms with E-state index in [1.807, 2.05) is 6.92 Å². The van der Waals surface area contributed by atoms with Crippen LogP contribution in [-0.2, 0) is 11.3 Å². The van der Waals surface area contributed by atoms with E-state index in [2.05, 4.69) is 10.3 Å². The molecule has 2 amide bonds. The SMILES string of the molecule is C[C@]1(C(=O)N2CCN(C(=O)c3cc(Cn4c(=O)[nH]c(=O)c5ccccc54)ccc3F)CC2)CCCN1. The first-order chi connectivity index (χ1) is 17.3. The van der Waals surface area contributed by atoms with E-state index in [0.717, 1.165) is 19.4 Å². The fourth-order valence-corrected chi connectivity index (χ4v) is 5.13. The van der Waals surface area contributed by atoms with Gasteiger partial charge in [-0.2, -0.15) is 0 Å². The van der Waals surface area contributed by atoms with Crippen molar-refractivity contribution in [2.45, 2.75) is 31.8 Å². The third-order valence-electron chi connectivity index (χ3n) is 7.20. The number of aromatic amines is 1. The summed E-state index contributed by atoms with van der Waals surface area (Å²) in [5.41, 5.74) is -0.697. The van der Waals surface area contributed by atoms with E-state index in [4.69, 9.17) is 0 Å². The molecule has 2 aliphatic rings. The minimum Gasteiger partial charge on any atom is -0.338 e. The molecule has 3 heterocycles. The monoisotopic (exact) mass is 493 g/mol. The maximum atomic E-state index is 14.7. The maximum Gasteiger partial charge on any atom is 0.329 e. The molecule has 2 fully saturated rings. The molecule has 0 radical (unpaired) electrons. The molecule has 9 nitrogen and oxygen atoms in total. The molecule has 2 aromatic carbocycles. The van der Waals surface area contributed by atoms with Crippen LogP contribution >= 0.6 is 0 Å². The average Bonchev–Trinajstić information content (AvgIpc) is 3.34. The number of nitrogens with zero attached hydrogens (tertiary/aromatic N) is 3. The molecule has 3 aromatic rings. The fraction of sp³-hybridized carbons (Fsp3) is 0.385. The van der Waals surface area contributed by atoms with Crippen LogP contribution in [-0.4, -0.2) is 69.4 Å². The third-order valence-corrected chi connectivity index (χ3v) is 7.20. The summed E-state index contributed by atoms with van der Waals surface area (Å²) in [5.74, 6) is -1.06. The molecule has 0 bridgehead atoms. The molecule has 188 valence electrons. The summed E-state index contributed by atoms with van der Waals surface area (Å²) in [5, 5.41) is 3.64. The first kappa shape index (κ1) is 23.9. The second-order valence-electron chi connectivity index (χ2n) is 9.62. The summed E-state index contributed by atoms with van der Waals surface area (Å²) >= 11 is 0. The summed E-state index contributed by atoms with van der Waals surface area (Å²) in [6.07, 6.45) is 1.74. The molecule has 1 atom stereocenters. The number of aromatic nitrogens is 2. The molecule has 0 unspecified atom stereocenters. The van der Waals surface area contributed by atoms with E-state index in [9.17, 15) is 23.6 Å². The summed E-state index contributed by atoms with van der Waals surface area (Å²) in [6.45, 7) is 4.20. The summed E-state index contributed by atoms with van der Waals surface area (Å²) in [6, 6.07) is 10.9. The number of rotatable bonds is 4. The van der Waals surface area contributed by atoms with E-state index in [0.29, 0.717) is 42.6 Å². The van der Waals surface area contributed by atoms with Gasteiger partial charge in [-0.3, -0.25) is 23.9 Å². The molecular formula is C26H28FN5O4. The number of hydrogen-bond donors (Lipinski definition) is 2. The number of piperazine rings is 1. The zero-order valence-corrected chi connectivity index (χ0v) is 20.1. The molecule has 10 heteroatoms. The summed E-state index contributed by atoms with van der Waals surface area (Å²) in [4.78, 5) is 56.4. The number of carbonyl (C=O) groups is 2. The van der Waals surface area contributed by atoms with Gasteiger partial charge in [0.1, 0.15) is 5.82 Å². The second-order valence-corrected chi connectivity index (χ2v) is 9.62. The molecule has 2 N–H and O–H groups in total. The molecule has 0 saturated carbocycles. The topological polar surface area (TPSA) is 108 Å². The van der Waals surface area contributed by atoms with Gasteiger partial charge >= 0.3 is 5.69 Å². The van der Waals surface area contributed by atoms with Crippen LogP contribution in [0.5, 0.6) is 0 Å². The lowest BCUT2D eigenvalue weighted by Gasteiger charge is -2.38. The fourth-order valence-electron chi connectivity index (χ4n) is 5.13. The number of hydrogen-bond acceptors (Lipinski definition) is 5. The smallest absolute Gasteiger partial charge is 0.329 e. The number of halogens is 1. The van der Waals surface area contributed by atoms with Crippen LogP contribution < -0.4 is 16.6 Å². The highest BCUT2D eigenvalue weighted by molar-refractivity contribution is 5.95. The van der Waals surface area contributed by atoms with Crippen LogP contribution in [0.25, 0.3) is 10.9 Å². The van der Waals surface area contributed by atoms with Gasteiger partial charge in [0.2, 0.25) is 5.91 Å². The molecule has 0 spiro atoms. The highest BCUT2D eigenvalue weighted by Crippen LogP contribution is 2.23. The van der Waals surface area contributed by atoms with E-state index in [-0.39, 0.29) is 18.0 Å². The van der Waals surface area contributed by atoms with Gasteiger partial charge in [-0.05, 0) is 56.1 Å². The highest BCUT2D eigenvalue weighted by Gasteiger charge is 2.40. The molecular weight excluding hydrogens is 465 g/mol. The third kappa shape index (κ3) is 4.32. The largest absolute Gasteiger partial charge is 0.338 e. The number of H-pyrrole nitrogens is 1. The Morgan fingerprint density at radius 2 is 1.75 bits per heavy atom. The van der Waals surface area contributed by atoms with E-state index in [1.54, 1.807) is 34.1 Å². The van der Waals surface area contributed by atoms with Crippen molar-refractivity contribution in [3.05, 3.63) is 80.2 Å². The second kappa shape index (κ2) is 9.34. The number of fused-ring (bicyclic) bond motifs is 1. The van der Waals surface area contributed by atoms with Crippen LogP contribution in [0.1, 0.15) is 35.7 Å². The van der Waals surface area contributed by atoms with Gasteiger partial charge in [0, 0.05) is 26.2 Å². The lowest BCUT2D eigenvalue weighted by molar-refractivity contribution is -0.138. The zero-order valence-electron chi connectivity index (χ0n) is 20.1. The van der Waals surface area contributed by atoms with Crippen molar-refractivity contribution in [1.29, 1.82) is 0 Å². The Morgan fingerprint density at radius 3 is 2.47 bits per heavy atom. The number of carbonyl (C=O) groups excluding carboxylic acids is 2. The summed E-state index contributed by atoms with van der Waals surface area (Å²) in [7, 11) is 0. The lowest BCUT2D eigenvalue weighted by Crippen LogP contribution is -2.58. The Labute approximate surface area is 206 Å². The van der Waals surface area contributed by atoms with Crippen molar-refractivity contribution in [2.75, 3.05) is 32.7 Å². The van der Waals surface area contributed by atoms with Gasteiger partial charge in [0.15, 0.2) is 0 Å². The van der Waals surface area contributed by atoms with Gasteiger partial charge in [-0.1, -0.05) is 18.2 Å². The standard InChI is InChI=1S/C26H28FN5O4/c1-26(9-4-10-28-26)24(35)31-13-11-30(12-14-31)23(34)19-15-17(7-8-20(19)27)16-32-21-6-3-2-5-18(21)22(33)29-25(32)36/h2-3,5-8,15,28H,4,9-14,16H2,1H3,(H,29,33,36)/t26-/m1/s1. The Hall–Kier alpha value is -3.79. The predicted octanol–water partition coefficient (Wildman–Crippen LogP) is 1.30. The first-order valence-electron chi connectivity index (χ1n) is 12.1. The number of para-hydroxylation sites is 1. The highest BCUT2D eigenvalue weighted by atomic mass is 19.1. The van der Waals surface area contributed by atoms with E-state index in [1.165, 1.54) is 22.8 Å². The van der Waals surface area contributed by atoms with Crippen molar-refractivity contribution in [1.82, 2.24) is 24.7 Å². The molecule has 1 aromatic heterocycles. The van der Waals surface area contributed by atoms with Gasteiger partial charge < -0.3 is 15.1 Å². The van der Waals surface area contributed by atoms with Crippen molar-refractivity contribution < 1.29 is 14.0 Å². The molecule has 2 aliphatic heterocycles. The van der Waals surface area contributed by atoms with Gasteiger partial charge in [-0.25, -0.2) is 9.18 Å². The zero-order chi connectivity index (χ0) is 25.4. The van der Waals surface area contributed by atoms with Crippen LogP contribution in [0, 0.1) is 5.82 Å². The van der Waals surface area contributed by atoms with Crippen LogP contribution in [0.4, 0.5) is 4.39 Å².